The van der Waals surface area contributed by atoms with E-state index in [0.29, 0.717) is 22.7 Å². The molecule has 2 N–H and O–H groups in total. The molecule has 0 atom stereocenters. The first-order valence-corrected chi connectivity index (χ1v) is 9.68. The number of amides is 2. The maximum absolute atomic E-state index is 12.5. The van der Waals surface area contributed by atoms with E-state index in [0.717, 1.165) is 11.4 Å². The van der Waals surface area contributed by atoms with Gasteiger partial charge in [-0.2, -0.15) is 5.10 Å². The molecule has 0 aliphatic carbocycles. The summed E-state index contributed by atoms with van der Waals surface area (Å²) < 4.78 is 12.0. The summed E-state index contributed by atoms with van der Waals surface area (Å²) in [5, 5.41) is 18.4. The van der Waals surface area contributed by atoms with Gasteiger partial charge in [0, 0.05) is 12.7 Å². The van der Waals surface area contributed by atoms with E-state index in [1.165, 1.54) is 12.5 Å². The van der Waals surface area contributed by atoms with Gasteiger partial charge in [-0.3, -0.25) is 14.3 Å². The molecule has 0 saturated carbocycles. The van der Waals surface area contributed by atoms with Crippen LogP contribution in [0.25, 0.3) is 0 Å². The molecule has 10 nitrogen and oxygen atoms in total. The third-order valence-electron chi connectivity index (χ3n) is 4.72. The minimum absolute atomic E-state index is 0.136. The van der Waals surface area contributed by atoms with E-state index in [2.05, 4.69) is 26.0 Å². The molecule has 3 aromatic heterocycles. The summed E-state index contributed by atoms with van der Waals surface area (Å²) in [6.07, 6.45) is 2.82. The lowest BCUT2D eigenvalue weighted by Crippen LogP contribution is -2.13. The van der Waals surface area contributed by atoms with Crippen LogP contribution in [-0.4, -0.2) is 21.6 Å². The lowest BCUT2D eigenvalue weighted by Gasteiger charge is -2.10. The summed E-state index contributed by atoms with van der Waals surface area (Å²) in [4.78, 5) is 24.9. The number of nitrogens with zero attached hydrogens (tertiary/aromatic N) is 4. The number of aromatic nitrogens is 2. The van der Waals surface area contributed by atoms with Crippen LogP contribution in [0.5, 0.6) is 0 Å². The fourth-order valence-electron chi connectivity index (χ4n) is 3.00. The van der Waals surface area contributed by atoms with E-state index < -0.39 is 11.8 Å². The summed E-state index contributed by atoms with van der Waals surface area (Å²) in [6.45, 7) is 3.73. The maximum atomic E-state index is 12.5. The van der Waals surface area contributed by atoms with Crippen molar-refractivity contribution in [3.63, 3.8) is 0 Å². The third-order valence-corrected chi connectivity index (χ3v) is 4.72. The molecular weight excluding hydrogens is 412 g/mol. The number of hydrogen-bond donors (Lipinski definition) is 2. The van der Waals surface area contributed by atoms with Crippen molar-refractivity contribution < 1.29 is 18.4 Å². The van der Waals surface area contributed by atoms with Crippen LogP contribution in [0.15, 0.2) is 74.1 Å². The molecule has 0 radical (unpaired) electrons. The van der Waals surface area contributed by atoms with Crippen molar-refractivity contribution in [2.45, 2.75) is 13.8 Å². The Morgan fingerprint density at radius 2 is 1.59 bits per heavy atom. The Kier molecular flexibility index (Phi) is 5.67. The van der Waals surface area contributed by atoms with Gasteiger partial charge in [-0.1, -0.05) is 0 Å². The van der Waals surface area contributed by atoms with Crippen molar-refractivity contribution in [1.29, 1.82) is 0 Å². The Labute approximate surface area is 182 Å². The predicted octanol–water partition coefficient (Wildman–Crippen LogP) is 5.14. The molecule has 0 saturated heterocycles. The van der Waals surface area contributed by atoms with Gasteiger partial charge in [-0.25, -0.2) is 0 Å². The number of hydrogen-bond acceptors (Lipinski definition) is 7. The number of azo groups is 1. The van der Waals surface area contributed by atoms with Crippen LogP contribution < -0.4 is 10.6 Å². The Bertz CT molecular complexity index is 1290. The van der Waals surface area contributed by atoms with E-state index in [4.69, 9.17) is 8.83 Å². The molecule has 0 spiro atoms. The summed E-state index contributed by atoms with van der Waals surface area (Å²) >= 11 is 0. The quantitative estimate of drug-likeness (QED) is 0.408. The lowest BCUT2D eigenvalue weighted by molar-refractivity contribution is 0.0990. The Balaban J connectivity index is 1.65. The van der Waals surface area contributed by atoms with Crippen molar-refractivity contribution in [1.82, 2.24) is 9.78 Å². The Hall–Kier alpha value is -4.47. The zero-order valence-corrected chi connectivity index (χ0v) is 17.6. The van der Waals surface area contributed by atoms with Gasteiger partial charge in [-0.15, -0.1) is 10.2 Å². The molecule has 4 rings (SSSR count). The molecular formula is C22H20N6O4. The fraction of sp³-hybridized carbons (Fsp3) is 0.136. The summed E-state index contributed by atoms with van der Waals surface area (Å²) in [6, 6.07) is 11.2. The molecule has 4 aromatic rings. The highest BCUT2D eigenvalue weighted by Crippen LogP contribution is 2.32. The molecule has 162 valence electrons. The van der Waals surface area contributed by atoms with Crippen LogP contribution in [0.1, 0.15) is 32.5 Å². The molecule has 32 heavy (non-hydrogen) atoms. The predicted molar refractivity (Wildman–Crippen MR) is 117 cm³/mol. The Morgan fingerprint density at radius 3 is 2.16 bits per heavy atom. The highest BCUT2D eigenvalue weighted by Gasteiger charge is 2.15. The highest BCUT2D eigenvalue weighted by molar-refractivity contribution is 6.06. The third kappa shape index (κ3) is 4.33. The smallest absolute Gasteiger partial charge is 0.291 e. The van der Waals surface area contributed by atoms with Crippen molar-refractivity contribution in [3.8, 4) is 0 Å². The molecule has 3 heterocycles. The van der Waals surface area contributed by atoms with E-state index in [-0.39, 0.29) is 11.5 Å². The minimum atomic E-state index is -0.463. The molecule has 10 heteroatoms. The van der Waals surface area contributed by atoms with Gasteiger partial charge in [-0.05, 0) is 56.3 Å². The summed E-state index contributed by atoms with van der Waals surface area (Å²) in [5.41, 5.74) is 3.40. The van der Waals surface area contributed by atoms with Crippen molar-refractivity contribution in [2.24, 2.45) is 17.3 Å². The van der Waals surface area contributed by atoms with Crippen LogP contribution in [0.4, 0.5) is 22.7 Å². The van der Waals surface area contributed by atoms with Crippen molar-refractivity contribution in [2.75, 3.05) is 10.6 Å². The monoisotopic (exact) mass is 432 g/mol. The van der Waals surface area contributed by atoms with E-state index in [9.17, 15) is 9.59 Å². The number of nitrogens with one attached hydrogen (secondary N) is 2. The lowest BCUT2D eigenvalue weighted by atomic mass is 10.2. The van der Waals surface area contributed by atoms with Gasteiger partial charge in [0.15, 0.2) is 11.5 Å². The average molecular weight is 432 g/mol. The van der Waals surface area contributed by atoms with Crippen LogP contribution in [0, 0.1) is 13.8 Å². The summed E-state index contributed by atoms with van der Waals surface area (Å²) in [5.74, 6) is -0.585. The number of carbonyl (C=O) groups excluding carboxylic acids is 2. The highest BCUT2D eigenvalue weighted by atomic mass is 16.3. The second-order valence-corrected chi connectivity index (χ2v) is 6.94. The first-order valence-electron chi connectivity index (χ1n) is 9.68. The van der Waals surface area contributed by atoms with Crippen LogP contribution in [0.3, 0.4) is 0 Å². The number of aryl methyl sites for hydroxylation is 2. The van der Waals surface area contributed by atoms with Gasteiger partial charge >= 0.3 is 0 Å². The second kappa shape index (κ2) is 8.72. The molecule has 0 aliphatic heterocycles. The SMILES string of the molecule is Cc1nn(C)c(C)c1N=Nc1ccc(NC(=O)c2ccco2)cc1NC(=O)c1ccco1. The second-order valence-electron chi connectivity index (χ2n) is 6.94. The van der Waals surface area contributed by atoms with Gasteiger partial charge < -0.3 is 19.5 Å². The van der Waals surface area contributed by atoms with Gasteiger partial charge in [0.2, 0.25) is 0 Å². The number of furan rings is 2. The van der Waals surface area contributed by atoms with Gasteiger partial charge in [0.25, 0.3) is 11.8 Å². The summed E-state index contributed by atoms with van der Waals surface area (Å²) in [7, 11) is 1.83. The van der Waals surface area contributed by atoms with E-state index in [1.807, 2.05) is 20.9 Å². The van der Waals surface area contributed by atoms with Crippen LogP contribution in [0.2, 0.25) is 0 Å². The van der Waals surface area contributed by atoms with E-state index >= 15 is 0 Å². The minimum Gasteiger partial charge on any atom is -0.459 e. The Morgan fingerprint density at radius 1 is 0.938 bits per heavy atom. The normalized spacial score (nSPS) is 11.1. The molecule has 2 amide bonds. The zero-order valence-electron chi connectivity index (χ0n) is 17.6. The van der Waals surface area contributed by atoms with E-state index in [1.54, 1.807) is 47.1 Å². The molecule has 0 aliphatic rings. The molecule has 0 fully saturated rings. The molecule has 0 bridgehead atoms. The maximum Gasteiger partial charge on any atom is 0.291 e. The standard InChI is InChI=1S/C22H20N6O4/c1-13-20(14(2)28(3)27-13)26-25-16-9-8-15(23-21(29)18-6-4-10-31-18)12-17(16)24-22(30)19-7-5-11-32-19/h4-12H,1-3H3,(H,23,29)(H,24,30). The molecule has 1 aromatic carbocycles. The molecule has 0 unspecified atom stereocenters. The fourth-order valence-corrected chi connectivity index (χ4v) is 3.00. The van der Waals surface area contributed by atoms with Gasteiger partial charge in [0.1, 0.15) is 11.4 Å². The number of anilines is 2. The number of benzene rings is 1. The van der Waals surface area contributed by atoms with Crippen LogP contribution in [-0.2, 0) is 7.05 Å². The van der Waals surface area contributed by atoms with Crippen molar-refractivity contribution in [3.05, 3.63) is 77.9 Å². The number of carbonyl (C=O) groups is 2. The number of rotatable bonds is 6. The van der Waals surface area contributed by atoms with Crippen molar-refractivity contribution >= 4 is 34.6 Å². The largest absolute Gasteiger partial charge is 0.459 e. The van der Waals surface area contributed by atoms with Gasteiger partial charge in [0.05, 0.1) is 29.6 Å². The first-order chi connectivity index (χ1) is 15.4. The van der Waals surface area contributed by atoms with Crippen LogP contribution >= 0.6 is 0 Å². The topological polar surface area (TPSA) is 127 Å². The first kappa shape index (κ1) is 20.8. The zero-order chi connectivity index (χ0) is 22.7. The average Bonchev–Trinajstić information content (AvgIpc) is 3.52.